The summed E-state index contributed by atoms with van der Waals surface area (Å²) >= 11 is 0. The van der Waals surface area contributed by atoms with E-state index >= 15 is 0 Å². The number of carbonyl (C=O) groups excluding carboxylic acids is 2. The van der Waals surface area contributed by atoms with Crippen LogP contribution in [-0.2, 0) is 23.3 Å². The number of carboxylic acid groups (broad SMARTS) is 1. The van der Waals surface area contributed by atoms with E-state index < -0.39 is 50.4 Å². The van der Waals surface area contributed by atoms with E-state index in [1.54, 1.807) is 49.4 Å². The molecule has 2 N–H and O–H groups in total. The molecule has 1 saturated heterocycles. The summed E-state index contributed by atoms with van der Waals surface area (Å²) in [6.07, 6.45) is 0. The first-order chi connectivity index (χ1) is 15.6. The van der Waals surface area contributed by atoms with Crippen LogP contribution in [0.5, 0.6) is 5.75 Å². The Morgan fingerprint density at radius 1 is 1.18 bits per heavy atom. The number of hydrogen-bond donors (Lipinski definition) is 2. The fraction of sp³-hybridized carbons (Fsp3) is 0.182. The van der Waals surface area contributed by atoms with Crippen LogP contribution in [0, 0.1) is 6.92 Å². The van der Waals surface area contributed by atoms with E-state index in [0.717, 1.165) is 10.5 Å². The number of aryl methyl sites for hydroxylation is 1. The van der Waals surface area contributed by atoms with Crippen molar-refractivity contribution in [1.29, 1.82) is 0 Å². The van der Waals surface area contributed by atoms with Gasteiger partial charge >= 0.3 is 5.97 Å². The number of aliphatic carboxylic acids is 1. The van der Waals surface area contributed by atoms with Crippen molar-refractivity contribution in [2.75, 3.05) is 6.61 Å². The SMILES string of the molecule is C=C=C(C(=O)O)N1C(=O)C(NC(=O)COc2ccccc2)C1SS(=O)(=O)c1ccc(C)cc1. The molecule has 2 atom stereocenters. The molecule has 2 aromatic rings. The summed E-state index contributed by atoms with van der Waals surface area (Å²) in [7, 11) is -3.64. The number of hydrogen-bond acceptors (Lipinski definition) is 7. The van der Waals surface area contributed by atoms with Crippen LogP contribution in [0.25, 0.3) is 0 Å². The third-order valence-electron chi connectivity index (χ3n) is 4.62. The smallest absolute Gasteiger partial charge is 0.360 e. The lowest BCUT2D eigenvalue weighted by Crippen LogP contribution is -2.69. The number of ether oxygens (including phenoxy) is 1. The zero-order chi connectivity index (χ0) is 24.2. The van der Waals surface area contributed by atoms with Crippen LogP contribution >= 0.6 is 10.8 Å². The normalized spacial score (nSPS) is 17.5. The van der Waals surface area contributed by atoms with E-state index in [1.165, 1.54) is 12.1 Å². The van der Waals surface area contributed by atoms with Crippen LogP contribution in [0.15, 0.2) is 77.5 Å². The Labute approximate surface area is 194 Å². The summed E-state index contributed by atoms with van der Waals surface area (Å²) < 4.78 is 31.2. The van der Waals surface area contributed by atoms with Crippen LogP contribution in [0.4, 0.5) is 0 Å². The highest BCUT2D eigenvalue weighted by Crippen LogP contribution is 2.39. The van der Waals surface area contributed by atoms with Gasteiger partial charge in [0.15, 0.2) is 12.3 Å². The fourth-order valence-corrected chi connectivity index (χ4v) is 6.44. The van der Waals surface area contributed by atoms with Gasteiger partial charge in [0.05, 0.1) is 4.90 Å². The second-order valence-electron chi connectivity index (χ2n) is 6.94. The molecule has 0 aliphatic carbocycles. The Kier molecular flexibility index (Phi) is 7.27. The largest absolute Gasteiger partial charge is 0.484 e. The molecule has 1 fully saturated rings. The van der Waals surface area contributed by atoms with Gasteiger partial charge < -0.3 is 15.2 Å². The first-order valence-corrected chi connectivity index (χ1v) is 12.5. The molecule has 3 rings (SSSR count). The van der Waals surface area contributed by atoms with E-state index in [-0.39, 0.29) is 4.90 Å². The monoisotopic (exact) mass is 488 g/mol. The minimum atomic E-state index is -4.00. The Hall–Kier alpha value is -3.53. The number of benzene rings is 2. The molecule has 0 aromatic heterocycles. The van der Waals surface area contributed by atoms with E-state index in [9.17, 15) is 27.9 Å². The summed E-state index contributed by atoms with van der Waals surface area (Å²) in [5.74, 6) is -2.54. The molecule has 0 radical (unpaired) electrons. The molecule has 2 unspecified atom stereocenters. The topological polar surface area (TPSA) is 130 Å². The molecule has 172 valence electrons. The van der Waals surface area contributed by atoms with Gasteiger partial charge in [-0.15, -0.1) is 0 Å². The van der Waals surface area contributed by atoms with Crippen molar-refractivity contribution in [3.05, 3.63) is 78.2 Å². The minimum Gasteiger partial charge on any atom is -0.484 e. The predicted molar refractivity (Wildman–Crippen MR) is 121 cm³/mol. The molecule has 0 bridgehead atoms. The number of nitrogens with one attached hydrogen (secondary N) is 1. The molecule has 2 amide bonds. The molecule has 0 saturated carbocycles. The second kappa shape index (κ2) is 9.95. The number of β-lactam (4-membered cyclic amide) rings is 1. The van der Waals surface area contributed by atoms with Gasteiger partial charge in [-0.05, 0) is 31.2 Å². The Morgan fingerprint density at radius 2 is 1.82 bits per heavy atom. The fourth-order valence-electron chi connectivity index (χ4n) is 2.97. The van der Waals surface area contributed by atoms with Crippen LogP contribution in [0.3, 0.4) is 0 Å². The van der Waals surface area contributed by atoms with Gasteiger partial charge in [0, 0.05) is 10.8 Å². The van der Waals surface area contributed by atoms with Crippen LogP contribution in [0.2, 0.25) is 0 Å². The molecule has 0 spiro atoms. The van der Waals surface area contributed by atoms with Crippen molar-refractivity contribution in [1.82, 2.24) is 10.2 Å². The van der Waals surface area contributed by atoms with Crippen molar-refractivity contribution < 1.29 is 32.6 Å². The quantitative estimate of drug-likeness (QED) is 0.237. The highest BCUT2D eigenvalue weighted by atomic mass is 33.1. The summed E-state index contributed by atoms with van der Waals surface area (Å²) in [4.78, 5) is 37.3. The maximum absolute atomic E-state index is 12.9. The number of rotatable bonds is 9. The van der Waals surface area contributed by atoms with Crippen LogP contribution in [0.1, 0.15) is 5.56 Å². The van der Waals surface area contributed by atoms with E-state index in [0.29, 0.717) is 16.5 Å². The zero-order valence-corrected chi connectivity index (χ0v) is 19.1. The molecule has 11 heteroatoms. The maximum atomic E-state index is 12.9. The highest BCUT2D eigenvalue weighted by Gasteiger charge is 2.54. The third-order valence-corrected chi connectivity index (χ3v) is 8.33. The van der Waals surface area contributed by atoms with Crippen molar-refractivity contribution in [2.24, 2.45) is 0 Å². The highest BCUT2D eigenvalue weighted by molar-refractivity contribution is 8.72. The molecular formula is C22H20N2O7S2. The summed E-state index contributed by atoms with van der Waals surface area (Å²) in [5.41, 5.74) is 2.39. The summed E-state index contributed by atoms with van der Waals surface area (Å²) in [6, 6.07) is 13.3. The number of likely N-dealkylation sites (tertiary alicyclic amines) is 1. The molecule has 1 heterocycles. The van der Waals surface area contributed by atoms with Gasteiger partial charge in [0.2, 0.25) is 8.87 Å². The maximum Gasteiger partial charge on any atom is 0.360 e. The van der Waals surface area contributed by atoms with Crippen molar-refractivity contribution >= 4 is 37.4 Å². The van der Waals surface area contributed by atoms with Gasteiger partial charge in [0.1, 0.15) is 17.2 Å². The van der Waals surface area contributed by atoms with Crippen molar-refractivity contribution in [2.45, 2.75) is 23.2 Å². The molecule has 1 aliphatic rings. The average Bonchev–Trinajstić information content (AvgIpc) is 2.79. The average molecular weight is 489 g/mol. The van der Waals surface area contributed by atoms with E-state index in [1.807, 2.05) is 0 Å². The Balaban J connectivity index is 1.80. The van der Waals surface area contributed by atoms with Crippen molar-refractivity contribution in [3.63, 3.8) is 0 Å². The number of nitrogens with zero attached hydrogens (tertiary/aromatic N) is 1. The standard InChI is InChI=1S/C22H20N2O7S2/c1-3-17(22(27)28)24-20(26)19(23-18(25)13-31-15-7-5-4-6-8-15)21(24)32-33(29,30)16-11-9-14(2)10-12-16/h4-12,19,21H,1,13H2,2H3,(H,23,25)(H,27,28). The lowest BCUT2D eigenvalue weighted by molar-refractivity contribution is -0.150. The van der Waals surface area contributed by atoms with Gasteiger partial charge in [-0.3, -0.25) is 14.5 Å². The molecule has 1 aliphatic heterocycles. The van der Waals surface area contributed by atoms with E-state index in [2.05, 4.69) is 17.6 Å². The van der Waals surface area contributed by atoms with Crippen LogP contribution in [-0.4, -0.2) is 54.2 Å². The Bertz CT molecular complexity index is 1220. The minimum absolute atomic E-state index is 0.0191. The van der Waals surface area contributed by atoms with Crippen molar-refractivity contribution in [3.8, 4) is 5.75 Å². The first-order valence-electron chi connectivity index (χ1n) is 9.57. The van der Waals surface area contributed by atoms with Crippen LogP contribution < -0.4 is 10.1 Å². The lowest BCUT2D eigenvalue weighted by atomic mass is 10.1. The molecule has 9 nitrogen and oxygen atoms in total. The first kappa shape index (κ1) is 24.1. The van der Waals surface area contributed by atoms with Gasteiger partial charge in [-0.1, -0.05) is 48.2 Å². The van der Waals surface area contributed by atoms with E-state index in [4.69, 9.17) is 4.74 Å². The number of para-hydroxylation sites is 1. The summed E-state index contributed by atoms with van der Waals surface area (Å²) in [6.45, 7) is 4.65. The van der Waals surface area contributed by atoms with Gasteiger partial charge in [0.25, 0.3) is 11.8 Å². The number of amides is 2. The second-order valence-corrected chi connectivity index (χ2v) is 10.9. The number of carbonyl (C=O) groups is 3. The number of carboxylic acids is 1. The molecule has 33 heavy (non-hydrogen) atoms. The summed E-state index contributed by atoms with van der Waals surface area (Å²) in [5, 5.41) is 10.5. The molecule has 2 aromatic carbocycles. The van der Waals surface area contributed by atoms with Gasteiger partial charge in [-0.2, -0.15) is 0 Å². The third kappa shape index (κ3) is 5.46. The Morgan fingerprint density at radius 3 is 2.39 bits per heavy atom. The van der Waals surface area contributed by atoms with Gasteiger partial charge in [-0.25, -0.2) is 13.2 Å². The lowest BCUT2D eigenvalue weighted by Gasteiger charge is -2.45. The predicted octanol–water partition coefficient (Wildman–Crippen LogP) is 1.90. The molecular weight excluding hydrogens is 468 g/mol. The zero-order valence-electron chi connectivity index (χ0n) is 17.4.